The van der Waals surface area contributed by atoms with Crippen LogP contribution in [0.2, 0.25) is 0 Å². The minimum Gasteiger partial charge on any atom is -0.467 e. The van der Waals surface area contributed by atoms with Gasteiger partial charge in [0, 0.05) is 30.1 Å². The quantitative estimate of drug-likeness (QED) is 0.231. The van der Waals surface area contributed by atoms with Gasteiger partial charge in [0.1, 0.15) is 6.04 Å². The summed E-state index contributed by atoms with van der Waals surface area (Å²) in [5.41, 5.74) is 4.14. The Kier molecular flexibility index (Phi) is 12.2. The number of aliphatic hydroxyl groups excluding tert-OH is 1. The lowest BCUT2D eigenvalue weighted by molar-refractivity contribution is -0.276. The molecule has 3 aromatic rings. The molecule has 0 radical (unpaired) electrons. The summed E-state index contributed by atoms with van der Waals surface area (Å²) in [6.07, 6.45) is 5.61. The van der Waals surface area contributed by atoms with Crippen LogP contribution in [0.3, 0.4) is 0 Å². The SMILES string of the molecule is COC(=O)[C@H](Cc1ccccc1)NC(=O)Nc1cccc([C@@H]2O[C@H](CN3CCCCCCC3)[C@H](C)[C@H](c3ccc(CO)cc3)O2)c1. The standard InChI is InChI=1S/C37H47N3O6/c1-26-33(24-40-20-9-4-3-5-10-21-40)45-36(46-34(26)29-18-16-28(25-41)17-19-29)30-14-11-15-31(23-30)38-37(43)39-32(35(42)44-2)22-27-12-7-6-8-13-27/h6-8,11-19,23,26,32-34,36,41H,3-5,9-10,20-22,24-25H2,1-2H3,(H2,38,39,43)/t26-,32-,33+,34+,36+/m0/s1. The van der Waals surface area contributed by atoms with Crippen LogP contribution < -0.4 is 10.6 Å². The van der Waals surface area contributed by atoms with Crippen molar-refractivity contribution in [1.29, 1.82) is 0 Å². The number of esters is 1. The van der Waals surface area contributed by atoms with Gasteiger partial charge in [-0.1, -0.05) is 92.9 Å². The zero-order chi connectivity index (χ0) is 32.3. The molecule has 9 nitrogen and oxygen atoms in total. The van der Waals surface area contributed by atoms with Crippen LogP contribution in [0.15, 0.2) is 78.9 Å². The smallest absolute Gasteiger partial charge is 0.328 e. The van der Waals surface area contributed by atoms with Gasteiger partial charge in [-0.3, -0.25) is 0 Å². The number of likely N-dealkylation sites (tertiary alicyclic amines) is 1. The first kappa shape index (κ1) is 33.6. The van der Waals surface area contributed by atoms with E-state index in [2.05, 4.69) is 22.5 Å². The number of amides is 2. The van der Waals surface area contributed by atoms with E-state index in [1.165, 1.54) is 39.2 Å². The monoisotopic (exact) mass is 629 g/mol. The number of urea groups is 1. The van der Waals surface area contributed by atoms with Crippen molar-refractivity contribution in [2.45, 2.75) is 76.6 Å². The van der Waals surface area contributed by atoms with Gasteiger partial charge < -0.3 is 34.9 Å². The number of ether oxygens (including phenoxy) is 3. The molecule has 5 rings (SSSR count). The number of hydrogen-bond donors (Lipinski definition) is 3. The summed E-state index contributed by atoms with van der Waals surface area (Å²) in [4.78, 5) is 28.1. The molecule has 2 saturated heterocycles. The molecule has 9 heteroatoms. The number of rotatable bonds is 10. The van der Waals surface area contributed by atoms with E-state index in [4.69, 9.17) is 14.2 Å². The van der Waals surface area contributed by atoms with E-state index in [9.17, 15) is 14.7 Å². The van der Waals surface area contributed by atoms with Crippen molar-refractivity contribution >= 4 is 17.7 Å². The summed E-state index contributed by atoms with van der Waals surface area (Å²) >= 11 is 0. The molecule has 0 bridgehead atoms. The Hall–Kier alpha value is -3.76. The highest BCUT2D eigenvalue weighted by Crippen LogP contribution is 2.42. The van der Waals surface area contributed by atoms with E-state index in [-0.39, 0.29) is 24.7 Å². The van der Waals surface area contributed by atoms with Crippen LogP contribution in [0.4, 0.5) is 10.5 Å². The van der Waals surface area contributed by atoms with Crippen molar-refractivity contribution < 1.29 is 28.9 Å². The van der Waals surface area contributed by atoms with Crippen molar-refractivity contribution in [1.82, 2.24) is 10.2 Å². The predicted octanol–water partition coefficient (Wildman–Crippen LogP) is 6.14. The first-order chi connectivity index (χ1) is 22.4. The summed E-state index contributed by atoms with van der Waals surface area (Å²) in [7, 11) is 1.31. The van der Waals surface area contributed by atoms with Gasteiger partial charge in [0.05, 0.1) is 25.9 Å². The Morgan fingerprint density at radius 3 is 2.30 bits per heavy atom. The summed E-state index contributed by atoms with van der Waals surface area (Å²) in [6, 6.07) is 23.5. The van der Waals surface area contributed by atoms with Crippen molar-refractivity contribution in [3.05, 3.63) is 101 Å². The van der Waals surface area contributed by atoms with Gasteiger partial charge in [-0.2, -0.15) is 0 Å². The first-order valence-corrected chi connectivity index (χ1v) is 16.5. The molecule has 0 aliphatic carbocycles. The van der Waals surface area contributed by atoms with E-state index >= 15 is 0 Å². The molecule has 5 atom stereocenters. The summed E-state index contributed by atoms with van der Waals surface area (Å²) < 4.78 is 18.3. The topological polar surface area (TPSA) is 109 Å². The molecule has 0 unspecified atom stereocenters. The van der Waals surface area contributed by atoms with Crippen molar-refractivity contribution in [3.63, 3.8) is 0 Å². The molecular formula is C37H47N3O6. The number of aliphatic hydroxyl groups is 1. The summed E-state index contributed by atoms with van der Waals surface area (Å²) in [5.74, 6) is -0.427. The van der Waals surface area contributed by atoms with E-state index in [1.807, 2.05) is 72.8 Å². The number of anilines is 1. The number of hydrogen-bond acceptors (Lipinski definition) is 7. The highest BCUT2D eigenvalue weighted by Gasteiger charge is 2.39. The lowest BCUT2D eigenvalue weighted by Crippen LogP contribution is -2.45. The van der Waals surface area contributed by atoms with Crippen LogP contribution in [0, 0.1) is 5.92 Å². The minimum absolute atomic E-state index is 0.00925. The fraction of sp³-hybridized carbons (Fsp3) is 0.459. The van der Waals surface area contributed by atoms with Crippen LogP contribution in [-0.2, 0) is 32.0 Å². The minimum atomic E-state index is -0.843. The van der Waals surface area contributed by atoms with E-state index in [0.717, 1.165) is 41.9 Å². The zero-order valence-corrected chi connectivity index (χ0v) is 26.9. The molecule has 2 aliphatic heterocycles. The Balaban J connectivity index is 1.32. The van der Waals surface area contributed by atoms with Gasteiger partial charge in [-0.25, -0.2) is 9.59 Å². The molecule has 0 aromatic heterocycles. The highest BCUT2D eigenvalue weighted by atomic mass is 16.7. The molecule has 46 heavy (non-hydrogen) atoms. The molecule has 2 amide bonds. The Bertz CT molecular complexity index is 1390. The average molecular weight is 630 g/mol. The van der Waals surface area contributed by atoms with Gasteiger partial charge in [0.25, 0.3) is 0 Å². The molecular weight excluding hydrogens is 582 g/mol. The number of benzene rings is 3. The zero-order valence-electron chi connectivity index (χ0n) is 26.9. The fourth-order valence-electron chi connectivity index (χ4n) is 6.35. The predicted molar refractivity (Wildman–Crippen MR) is 177 cm³/mol. The number of methoxy groups -OCH3 is 1. The lowest BCUT2D eigenvalue weighted by atomic mass is 9.89. The third-order valence-electron chi connectivity index (χ3n) is 9.00. The van der Waals surface area contributed by atoms with Gasteiger partial charge in [-0.05, 0) is 54.8 Å². The van der Waals surface area contributed by atoms with Gasteiger partial charge in [0.15, 0.2) is 6.29 Å². The molecule has 0 spiro atoms. The maximum atomic E-state index is 13.1. The second-order valence-electron chi connectivity index (χ2n) is 12.4. The van der Waals surface area contributed by atoms with Gasteiger partial charge in [-0.15, -0.1) is 0 Å². The summed E-state index contributed by atoms with van der Waals surface area (Å²) in [5, 5.41) is 15.2. The van der Waals surface area contributed by atoms with Crippen LogP contribution in [0.1, 0.15) is 73.7 Å². The molecule has 0 saturated carbocycles. The van der Waals surface area contributed by atoms with Gasteiger partial charge >= 0.3 is 12.0 Å². The van der Waals surface area contributed by atoms with Crippen molar-refractivity contribution in [3.8, 4) is 0 Å². The second kappa shape index (κ2) is 16.7. The number of carbonyl (C=O) groups excluding carboxylic acids is 2. The maximum Gasteiger partial charge on any atom is 0.328 e. The molecule has 3 aromatic carbocycles. The third-order valence-corrected chi connectivity index (χ3v) is 9.00. The van der Waals surface area contributed by atoms with Crippen molar-refractivity contribution in [2.24, 2.45) is 5.92 Å². The molecule has 246 valence electrons. The number of nitrogens with one attached hydrogen (secondary N) is 2. The number of nitrogens with zero attached hydrogens (tertiary/aromatic N) is 1. The lowest BCUT2D eigenvalue weighted by Gasteiger charge is -2.43. The van der Waals surface area contributed by atoms with Crippen molar-refractivity contribution in [2.75, 3.05) is 32.1 Å². The molecule has 2 aliphatic rings. The van der Waals surface area contributed by atoms with Gasteiger partial charge in [0.2, 0.25) is 0 Å². The van der Waals surface area contributed by atoms with E-state index < -0.39 is 24.3 Å². The highest BCUT2D eigenvalue weighted by molar-refractivity contribution is 5.92. The van der Waals surface area contributed by atoms with Crippen LogP contribution in [0.5, 0.6) is 0 Å². The van der Waals surface area contributed by atoms with Crippen LogP contribution in [0.25, 0.3) is 0 Å². The molecule has 3 N–H and O–H groups in total. The normalized spacial score (nSPS) is 23.0. The molecule has 2 heterocycles. The Morgan fingerprint density at radius 2 is 1.61 bits per heavy atom. The number of carbonyl (C=O) groups is 2. The third kappa shape index (κ3) is 9.16. The fourth-order valence-corrected chi connectivity index (χ4v) is 6.35. The Morgan fingerprint density at radius 1 is 0.891 bits per heavy atom. The summed E-state index contributed by atoms with van der Waals surface area (Å²) in [6.45, 7) is 5.14. The van der Waals surface area contributed by atoms with Crippen LogP contribution >= 0.6 is 0 Å². The molecule has 2 fully saturated rings. The average Bonchev–Trinajstić information content (AvgIpc) is 3.06. The first-order valence-electron chi connectivity index (χ1n) is 16.5. The van der Waals surface area contributed by atoms with Crippen LogP contribution in [-0.4, -0.2) is 60.9 Å². The Labute approximate surface area is 272 Å². The maximum absolute atomic E-state index is 13.1. The second-order valence-corrected chi connectivity index (χ2v) is 12.4. The largest absolute Gasteiger partial charge is 0.467 e. The van der Waals surface area contributed by atoms with E-state index in [1.54, 1.807) is 6.07 Å². The van der Waals surface area contributed by atoms with E-state index in [0.29, 0.717) is 12.1 Å².